The standard InChI is InChI=1S/C27H32N4O4/c1-18-14-20(22-8-4-5-9-24(22)29-18)17-35-21-10-11-23(26(28)32)19(15-21)16-25(27(33)30-34)31-12-6-2-3-7-13-31/h4-5,8-11,14-15,25,34H,2-3,6-7,12-13,16-17H2,1H3,(H2,28,32)(H,30,33)/t25-/m0/s1. The Morgan fingerprint density at radius 3 is 2.54 bits per heavy atom. The number of hydroxylamine groups is 1. The number of para-hydroxylation sites is 1. The fourth-order valence-corrected chi connectivity index (χ4v) is 4.82. The number of primary amides is 1. The molecule has 8 heteroatoms. The van der Waals surface area contributed by atoms with Crippen LogP contribution in [-0.2, 0) is 17.8 Å². The third-order valence-corrected chi connectivity index (χ3v) is 6.57. The average molecular weight is 477 g/mol. The molecule has 0 unspecified atom stereocenters. The van der Waals surface area contributed by atoms with Crippen LogP contribution in [0.5, 0.6) is 5.75 Å². The lowest BCUT2D eigenvalue weighted by Gasteiger charge is -2.29. The number of amides is 2. The van der Waals surface area contributed by atoms with Gasteiger partial charge in [-0.25, -0.2) is 5.48 Å². The molecule has 8 nitrogen and oxygen atoms in total. The molecule has 3 aromatic rings. The summed E-state index contributed by atoms with van der Waals surface area (Å²) in [6.07, 6.45) is 4.44. The molecule has 2 heterocycles. The lowest BCUT2D eigenvalue weighted by Crippen LogP contribution is -2.48. The van der Waals surface area contributed by atoms with E-state index in [4.69, 9.17) is 10.5 Å². The summed E-state index contributed by atoms with van der Waals surface area (Å²) in [5.74, 6) is -0.490. The van der Waals surface area contributed by atoms with E-state index in [9.17, 15) is 14.8 Å². The molecule has 4 rings (SSSR count). The van der Waals surface area contributed by atoms with Gasteiger partial charge >= 0.3 is 0 Å². The number of benzene rings is 2. The van der Waals surface area contributed by atoms with E-state index in [1.165, 1.54) is 0 Å². The van der Waals surface area contributed by atoms with Crippen LogP contribution in [0, 0.1) is 6.92 Å². The highest BCUT2D eigenvalue weighted by Gasteiger charge is 2.28. The highest BCUT2D eigenvalue weighted by Crippen LogP contribution is 2.25. The third-order valence-electron chi connectivity index (χ3n) is 6.57. The smallest absolute Gasteiger partial charge is 0.261 e. The van der Waals surface area contributed by atoms with Gasteiger partial charge in [-0.3, -0.25) is 24.7 Å². The summed E-state index contributed by atoms with van der Waals surface area (Å²) in [5, 5.41) is 10.4. The van der Waals surface area contributed by atoms with Crippen molar-refractivity contribution in [1.82, 2.24) is 15.4 Å². The lowest BCUT2D eigenvalue weighted by atomic mass is 9.97. The largest absolute Gasteiger partial charge is 0.489 e. The zero-order valence-corrected chi connectivity index (χ0v) is 20.0. The van der Waals surface area contributed by atoms with Crippen LogP contribution in [0.4, 0.5) is 0 Å². The Kier molecular flexibility index (Phi) is 7.94. The highest BCUT2D eigenvalue weighted by atomic mass is 16.5. The van der Waals surface area contributed by atoms with Crippen LogP contribution in [0.15, 0.2) is 48.5 Å². The Hall–Kier alpha value is -3.49. The second kappa shape index (κ2) is 11.3. The number of likely N-dealkylation sites (tertiary alicyclic amines) is 1. The molecular formula is C27H32N4O4. The SMILES string of the molecule is Cc1cc(COc2ccc(C(N)=O)c(C[C@@H](C(=O)NO)N3CCCCCC3)c2)c2ccccc2n1. The van der Waals surface area contributed by atoms with E-state index in [2.05, 4.69) is 9.88 Å². The maximum Gasteiger partial charge on any atom is 0.261 e. The summed E-state index contributed by atoms with van der Waals surface area (Å²) >= 11 is 0. The minimum absolute atomic E-state index is 0.235. The molecule has 2 aromatic carbocycles. The quantitative estimate of drug-likeness (QED) is 0.338. The number of hydrogen-bond acceptors (Lipinski definition) is 6. The van der Waals surface area contributed by atoms with E-state index in [1.54, 1.807) is 23.7 Å². The van der Waals surface area contributed by atoms with E-state index in [1.807, 2.05) is 37.3 Å². The molecule has 0 radical (unpaired) electrons. The minimum atomic E-state index is -0.613. The number of carbonyl (C=O) groups is 2. The number of fused-ring (bicyclic) bond motifs is 1. The van der Waals surface area contributed by atoms with E-state index in [-0.39, 0.29) is 6.42 Å². The Morgan fingerprint density at radius 1 is 1.09 bits per heavy atom. The molecular weight excluding hydrogens is 444 g/mol. The minimum Gasteiger partial charge on any atom is -0.489 e. The molecule has 1 aromatic heterocycles. The van der Waals surface area contributed by atoms with Crippen molar-refractivity contribution >= 4 is 22.7 Å². The molecule has 35 heavy (non-hydrogen) atoms. The summed E-state index contributed by atoms with van der Waals surface area (Å²) in [5.41, 5.74) is 11.2. The van der Waals surface area contributed by atoms with Crippen LogP contribution in [-0.4, -0.2) is 46.0 Å². The zero-order chi connectivity index (χ0) is 24.8. The van der Waals surface area contributed by atoms with Crippen molar-refractivity contribution in [3.8, 4) is 5.75 Å². The molecule has 184 valence electrons. The summed E-state index contributed by atoms with van der Waals surface area (Å²) in [7, 11) is 0. The summed E-state index contributed by atoms with van der Waals surface area (Å²) in [4.78, 5) is 31.4. The van der Waals surface area contributed by atoms with Gasteiger partial charge in [-0.15, -0.1) is 0 Å². The molecule has 1 atom stereocenters. The maximum atomic E-state index is 12.6. The van der Waals surface area contributed by atoms with Crippen LogP contribution < -0.4 is 16.0 Å². The predicted octanol–water partition coefficient (Wildman–Crippen LogP) is 3.51. The molecule has 1 fully saturated rings. The van der Waals surface area contributed by atoms with Crippen molar-refractivity contribution in [2.45, 2.75) is 51.7 Å². The van der Waals surface area contributed by atoms with Gasteiger partial charge in [0.2, 0.25) is 5.91 Å². The number of carbonyl (C=O) groups excluding carboxylic acids is 2. The molecule has 4 N–H and O–H groups in total. The van der Waals surface area contributed by atoms with E-state index in [0.717, 1.165) is 60.9 Å². The summed E-state index contributed by atoms with van der Waals surface area (Å²) in [6, 6.07) is 14.4. The van der Waals surface area contributed by atoms with Crippen LogP contribution in [0.2, 0.25) is 0 Å². The fourth-order valence-electron chi connectivity index (χ4n) is 4.82. The first kappa shape index (κ1) is 24.6. The maximum absolute atomic E-state index is 12.6. The molecule has 1 saturated heterocycles. The van der Waals surface area contributed by atoms with Gasteiger partial charge in [0.15, 0.2) is 0 Å². The van der Waals surface area contributed by atoms with Gasteiger partial charge in [-0.2, -0.15) is 0 Å². The number of pyridine rings is 1. The summed E-state index contributed by atoms with van der Waals surface area (Å²) < 4.78 is 6.12. The first-order chi connectivity index (χ1) is 17.0. The van der Waals surface area contributed by atoms with Crippen molar-refractivity contribution < 1.29 is 19.5 Å². The number of ether oxygens (including phenoxy) is 1. The number of hydrogen-bond donors (Lipinski definition) is 3. The molecule has 0 saturated carbocycles. The van der Waals surface area contributed by atoms with Gasteiger partial charge < -0.3 is 10.5 Å². The van der Waals surface area contributed by atoms with Gasteiger partial charge in [0.05, 0.1) is 11.6 Å². The number of nitrogens with zero attached hydrogens (tertiary/aromatic N) is 2. The van der Waals surface area contributed by atoms with Gasteiger partial charge in [0.1, 0.15) is 12.4 Å². The number of aryl methyl sites for hydroxylation is 1. The molecule has 0 spiro atoms. The van der Waals surface area contributed by atoms with Gasteiger partial charge in [-0.1, -0.05) is 31.0 Å². The topological polar surface area (TPSA) is 118 Å². The Balaban J connectivity index is 1.60. The Morgan fingerprint density at radius 2 is 1.83 bits per heavy atom. The molecule has 2 amide bonds. The van der Waals surface area contributed by atoms with Gasteiger partial charge in [0, 0.05) is 22.2 Å². The molecule has 1 aliphatic rings. The number of nitrogens with one attached hydrogen (secondary N) is 1. The average Bonchev–Trinajstić information content (AvgIpc) is 3.14. The zero-order valence-electron chi connectivity index (χ0n) is 20.0. The van der Waals surface area contributed by atoms with Crippen molar-refractivity contribution in [3.05, 3.63) is 70.9 Å². The first-order valence-electron chi connectivity index (χ1n) is 12.0. The Labute approximate surface area is 205 Å². The molecule has 0 bridgehead atoms. The number of rotatable bonds is 8. The normalized spacial score (nSPS) is 15.4. The van der Waals surface area contributed by atoms with Gasteiger partial charge in [-0.05, 0) is 75.2 Å². The van der Waals surface area contributed by atoms with Crippen molar-refractivity contribution in [2.75, 3.05) is 13.1 Å². The summed E-state index contributed by atoms with van der Waals surface area (Å²) in [6.45, 7) is 3.79. The van der Waals surface area contributed by atoms with E-state index in [0.29, 0.717) is 23.5 Å². The second-order valence-corrected chi connectivity index (χ2v) is 9.06. The third kappa shape index (κ3) is 5.96. The monoisotopic (exact) mass is 476 g/mol. The molecule has 0 aliphatic carbocycles. The van der Waals surface area contributed by atoms with Crippen molar-refractivity contribution in [1.29, 1.82) is 0 Å². The van der Waals surface area contributed by atoms with Crippen LogP contribution in [0.25, 0.3) is 10.9 Å². The van der Waals surface area contributed by atoms with Crippen LogP contribution >= 0.6 is 0 Å². The number of aromatic nitrogens is 1. The lowest BCUT2D eigenvalue weighted by molar-refractivity contribution is -0.134. The second-order valence-electron chi connectivity index (χ2n) is 9.06. The fraction of sp³-hybridized carbons (Fsp3) is 0.370. The van der Waals surface area contributed by atoms with Crippen molar-refractivity contribution in [3.63, 3.8) is 0 Å². The Bertz CT molecular complexity index is 1210. The van der Waals surface area contributed by atoms with Crippen LogP contribution in [0.3, 0.4) is 0 Å². The van der Waals surface area contributed by atoms with Crippen molar-refractivity contribution in [2.24, 2.45) is 5.73 Å². The first-order valence-corrected chi connectivity index (χ1v) is 12.0. The van der Waals surface area contributed by atoms with Crippen LogP contribution in [0.1, 0.15) is 52.9 Å². The van der Waals surface area contributed by atoms with E-state index >= 15 is 0 Å². The predicted molar refractivity (Wildman–Crippen MR) is 133 cm³/mol. The van der Waals surface area contributed by atoms with Gasteiger partial charge in [0.25, 0.3) is 5.91 Å². The highest BCUT2D eigenvalue weighted by molar-refractivity contribution is 5.95. The molecule has 1 aliphatic heterocycles. The number of nitrogens with two attached hydrogens (primary N) is 1. The van der Waals surface area contributed by atoms with E-state index < -0.39 is 17.9 Å².